The number of ether oxygens (including phenoxy) is 2. The SMILES string of the molecule is CC(C)CC(C)(COc1ccc(-c2ccnc(C(C)C)n2)cc1Cl)OC(N)=O. The Hall–Kier alpha value is -2.34. The molecule has 0 aliphatic heterocycles. The van der Waals surface area contributed by atoms with Gasteiger partial charge in [-0.25, -0.2) is 14.8 Å². The number of carbonyl (C=O) groups is 1. The number of carbonyl (C=O) groups excluding carboxylic acids is 1. The van der Waals surface area contributed by atoms with Crippen molar-refractivity contribution >= 4 is 17.7 Å². The molecular formula is C21H28ClN3O3. The molecule has 1 atom stereocenters. The minimum Gasteiger partial charge on any atom is -0.488 e. The number of nitrogens with zero attached hydrogens (tertiary/aromatic N) is 2. The number of hydrogen-bond donors (Lipinski definition) is 1. The van der Waals surface area contributed by atoms with Gasteiger partial charge in [0.2, 0.25) is 0 Å². The van der Waals surface area contributed by atoms with Crippen LogP contribution in [0.25, 0.3) is 11.3 Å². The van der Waals surface area contributed by atoms with Crippen molar-refractivity contribution in [3.05, 3.63) is 41.3 Å². The average Bonchev–Trinajstić information content (AvgIpc) is 2.59. The highest BCUT2D eigenvalue weighted by molar-refractivity contribution is 6.32. The molecule has 1 amide bonds. The Morgan fingerprint density at radius 1 is 1.25 bits per heavy atom. The first-order chi connectivity index (χ1) is 13.1. The fourth-order valence-electron chi connectivity index (χ4n) is 3.06. The summed E-state index contributed by atoms with van der Waals surface area (Å²) in [6.07, 6.45) is 1.54. The van der Waals surface area contributed by atoms with E-state index in [1.807, 2.05) is 39.8 Å². The first kappa shape index (κ1) is 22.0. The van der Waals surface area contributed by atoms with E-state index in [-0.39, 0.29) is 12.5 Å². The van der Waals surface area contributed by atoms with Gasteiger partial charge in [-0.05, 0) is 43.5 Å². The normalized spacial score (nSPS) is 13.4. The predicted molar refractivity (Wildman–Crippen MR) is 111 cm³/mol. The highest BCUT2D eigenvalue weighted by Crippen LogP contribution is 2.31. The van der Waals surface area contributed by atoms with E-state index in [1.165, 1.54) is 0 Å². The van der Waals surface area contributed by atoms with Gasteiger partial charge in [0.25, 0.3) is 0 Å². The molecule has 1 unspecified atom stereocenters. The lowest BCUT2D eigenvalue weighted by Gasteiger charge is -2.30. The summed E-state index contributed by atoms with van der Waals surface area (Å²) in [4.78, 5) is 20.1. The third-order valence-electron chi connectivity index (χ3n) is 4.14. The Kier molecular flexibility index (Phi) is 7.24. The van der Waals surface area contributed by atoms with Crippen LogP contribution in [0.4, 0.5) is 4.79 Å². The van der Waals surface area contributed by atoms with Crippen molar-refractivity contribution in [1.82, 2.24) is 9.97 Å². The van der Waals surface area contributed by atoms with Crippen LogP contribution in [0.1, 0.15) is 52.8 Å². The van der Waals surface area contributed by atoms with Crippen LogP contribution < -0.4 is 10.5 Å². The monoisotopic (exact) mass is 405 g/mol. The van der Waals surface area contributed by atoms with Gasteiger partial charge in [0.1, 0.15) is 23.8 Å². The number of hydrogen-bond acceptors (Lipinski definition) is 5. The summed E-state index contributed by atoms with van der Waals surface area (Å²) in [5, 5.41) is 0.452. The lowest BCUT2D eigenvalue weighted by molar-refractivity contribution is -0.0185. The third-order valence-corrected chi connectivity index (χ3v) is 4.43. The molecule has 152 valence electrons. The Labute approximate surface area is 171 Å². The predicted octanol–water partition coefficient (Wildman–Crippen LogP) is 5.20. The van der Waals surface area contributed by atoms with Gasteiger partial charge in [0.05, 0.1) is 10.7 Å². The van der Waals surface area contributed by atoms with Gasteiger partial charge in [0.15, 0.2) is 0 Å². The van der Waals surface area contributed by atoms with Crippen LogP contribution in [0.2, 0.25) is 5.02 Å². The van der Waals surface area contributed by atoms with Crippen molar-refractivity contribution in [3.8, 4) is 17.0 Å². The van der Waals surface area contributed by atoms with Crippen molar-refractivity contribution in [2.45, 2.75) is 52.6 Å². The molecule has 0 aliphatic carbocycles. The second-order valence-electron chi connectivity index (χ2n) is 7.86. The molecule has 0 aliphatic rings. The summed E-state index contributed by atoms with van der Waals surface area (Å²) in [5.74, 6) is 1.83. The topological polar surface area (TPSA) is 87.3 Å². The number of halogens is 1. The molecule has 2 aromatic rings. The summed E-state index contributed by atoms with van der Waals surface area (Å²) in [6, 6.07) is 7.33. The van der Waals surface area contributed by atoms with Crippen LogP contribution in [0, 0.1) is 5.92 Å². The zero-order chi connectivity index (χ0) is 20.9. The highest BCUT2D eigenvalue weighted by Gasteiger charge is 2.30. The summed E-state index contributed by atoms with van der Waals surface area (Å²) in [6.45, 7) is 10.1. The van der Waals surface area contributed by atoms with Crippen LogP contribution in [0.15, 0.2) is 30.5 Å². The molecule has 1 aromatic carbocycles. The first-order valence-corrected chi connectivity index (χ1v) is 9.71. The van der Waals surface area contributed by atoms with Crippen LogP contribution >= 0.6 is 11.6 Å². The second-order valence-corrected chi connectivity index (χ2v) is 8.26. The number of benzene rings is 1. The number of amides is 1. The number of aromatic nitrogens is 2. The maximum Gasteiger partial charge on any atom is 0.405 e. The van der Waals surface area contributed by atoms with Crippen molar-refractivity contribution in [2.75, 3.05) is 6.61 Å². The zero-order valence-electron chi connectivity index (χ0n) is 17.0. The van der Waals surface area contributed by atoms with Crippen LogP contribution in [0.5, 0.6) is 5.75 Å². The molecule has 6 nitrogen and oxygen atoms in total. The molecule has 0 spiro atoms. The Morgan fingerprint density at radius 2 is 1.96 bits per heavy atom. The fourth-order valence-corrected chi connectivity index (χ4v) is 3.29. The van der Waals surface area contributed by atoms with E-state index in [9.17, 15) is 4.79 Å². The summed E-state index contributed by atoms with van der Waals surface area (Å²) in [7, 11) is 0. The highest BCUT2D eigenvalue weighted by atomic mass is 35.5. The van der Waals surface area contributed by atoms with E-state index in [4.69, 9.17) is 26.8 Å². The fraction of sp³-hybridized carbons (Fsp3) is 0.476. The van der Waals surface area contributed by atoms with Crippen LogP contribution in [0.3, 0.4) is 0 Å². The zero-order valence-corrected chi connectivity index (χ0v) is 17.8. The summed E-state index contributed by atoms with van der Waals surface area (Å²) < 4.78 is 11.2. The molecule has 28 heavy (non-hydrogen) atoms. The van der Waals surface area contributed by atoms with E-state index < -0.39 is 11.7 Å². The molecule has 0 fully saturated rings. The van der Waals surface area contributed by atoms with E-state index in [0.717, 1.165) is 17.1 Å². The van der Waals surface area contributed by atoms with E-state index in [1.54, 1.807) is 25.3 Å². The van der Waals surface area contributed by atoms with Crippen LogP contribution in [-0.2, 0) is 4.74 Å². The Balaban J connectivity index is 2.18. The molecule has 0 saturated carbocycles. The van der Waals surface area contributed by atoms with Crippen molar-refractivity contribution < 1.29 is 14.3 Å². The number of rotatable bonds is 8. The van der Waals surface area contributed by atoms with Crippen LogP contribution in [-0.4, -0.2) is 28.3 Å². The van der Waals surface area contributed by atoms with Gasteiger partial charge in [-0.3, -0.25) is 0 Å². The molecule has 1 heterocycles. The van der Waals surface area contributed by atoms with Crippen molar-refractivity contribution in [3.63, 3.8) is 0 Å². The average molecular weight is 406 g/mol. The minimum atomic E-state index is -0.833. The second kappa shape index (κ2) is 9.24. The Bertz CT molecular complexity index is 826. The van der Waals surface area contributed by atoms with Gasteiger partial charge in [-0.1, -0.05) is 39.3 Å². The molecule has 0 bridgehead atoms. The van der Waals surface area contributed by atoms with Gasteiger partial charge >= 0.3 is 6.09 Å². The Morgan fingerprint density at radius 3 is 2.54 bits per heavy atom. The largest absolute Gasteiger partial charge is 0.488 e. The van der Waals surface area contributed by atoms with Gasteiger partial charge < -0.3 is 15.2 Å². The molecule has 0 saturated heterocycles. The molecule has 1 aromatic heterocycles. The van der Waals surface area contributed by atoms with E-state index in [2.05, 4.69) is 9.97 Å². The third kappa shape index (κ3) is 6.09. The van der Waals surface area contributed by atoms with Gasteiger partial charge in [-0.15, -0.1) is 0 Å². The maximum atomic E-state index is 11.3. The molecular weight excluding hydrogens is 378 g/mol. The van der Waals surface area contributed by atoms with Crippen molar-refractivity contribution in [1.29, 1.82) is 0 Å². The summed E-state index contributed by atoms with van der Waals surface area (Å²) >= 11 is 6.42. The van der Waals surface area contributed by atoms with Gasteiger partial charge in [-0.2, -0.15) is 0 Å². The number of nitrogens with two attached hydrogens (primary N) is 1. The smallest absolute Gasteiger partial charge is 0.405 e. The molecule has 2 N–H and O–H groups in total. The quantitative estimate of drug-likeness (QED) is 0.652. The minimum absolute atomic E-state index is 0.151. The first-order valence-electron chi connectivity index (χ1n) is 9.34. The molecule has 0 radical (unpaired) electrons. The lowest BCUT2D eigenvalue weighted by Crippen LogP contribution is -2.41. The molecule has 7 heteroatoms. The summed E-state index contributed by atoms with van der Waals surface area (Å²) in [5.41, 5.74) is 6.06. The molecule has 2 rings (SSSR count). The van der Waals surface area contributed by atoms with E-state index >= 15 is 0 Å². The maximum absolute atomic E-state index is 11.3. The number of primary amides is 1. The van der Waals surface area contributed by atoms with Gasteiger partial charge in [0, 0.05) is 17.7 Å². The van der Waals surface area contributed by atoms with Crippen molar-refractivity contribution in [2.24, 2.45) is 11.7 Å². The standard InChI is InChI=1S/C21H28ClN3O3/c1-13(2)11-21(5,28-20(23)26)12-27-18-7-6-15(10-16(18)22)17-8-9-24-19(25-17)14(3)4/h6-10,13-14H,11-12H2,1-5H3,(H2,23,26). The van der Waals surface area contributed by atoms with E-state index in [0.29, 0.717) is 23.1 Å². The lowest BCUT2D eigenvalue weighted by atomic mass is 9.95.